The van der Waals surface area contributed by atoms with Crippen LogP contribution in [0.15, 0.2) is 97.2 Å². The van der Waals surface area contributed by atoms with Gasteiger partial charge in [0.25, 0.3) is 5.91 Å². The number of hydrogen-bond acceptors (Lipinski definition) is 3. The van der Waals surface area contributed by atoms with Crippen molar-refractivity contribution >= 4 is 23.2 Å². The van der Waals surface area contributed by atoms with Gasteiger partial charge in [-0.05, 0) is 24.1 Å². The molecule has 5 nitrogen and oxygen atoms in total. The molecule has 0 aliphatic rings. The highest BCUT2D eigenvalue weighted by atomic mass is 35.5. The van der Waals surface area contributed by atoms with Gasteiger partial charge in [0.2, 0.25) is 0 Å². The minimum atomic E-state index is -0.286. The monoisotopic (exact) mass is 452 g/mol. The third-order valence-electron chi connectivity index (χ3n) is 5.66. The van der Waals surface area contributed by atoms with Crippen molar-refractivity contribution < 1.29 is 4.79 Å². The maximum Gasteiger partial charge on any atom is 0.255 e. The van der Waals surface area contributed by atoms with Crippen molar-refractivity contribution in [2.75, 3.05) is 0 Å². The van der Waals surface area contributed by atoms with E-state index in [9.17, 15) is 4.79 Å². The molecule has 5 rings (SSSR count). The molecule has 0 saturated heterocycles. The fraction of sp³-hybridized carbons (Fsp3) is 0.0741. The van der Waals surface area contributed by atoms with Gasteiger partial charge >= 0.3 is 0 Å². The van der Waals surface area contributed by atoms with E-state index in [-0.39, 0.29) is 11.9 Å². The molecule has 0 aliphatic heterocycles. The van der Waals surface area contributed by atoms with Gasteiger partial charge in [0, 0.05) is 17.8 Å². The average molecular weight is 453 g/mol. The number of fused-ring (bicyclic) bond motifs is 1. The molecule has 0 unspecified atom stereocenters. The maximum absolute atomic E-state index is 13.4. The van der Waals surface area contributed by atoms with Gasteiger partial charge in [-0.15, -0.1) is 0 Å². The van der Waals surface area contributed by atoms with E-state index in [2.05, 4.69) is 15.4 Å². The maximum atomic E-state index is 13.4. The van der Waals surface area contributed by atoms with Crippen molar-refractivity contribution in [2.24, 2.45) is 0 Å². The van der Waals surface area contributed by atoms with Crippen molar-refractivity contribution in [1.82, 2.24) is 19.9 Å². The summed E-state index contributed by atoms with van der Waals surface area (Å²) in [5.74, 6) is -0.214. The molecule has 0 saturated carbocycles. The van der Waals surface area contributed by atoms with Gasteiger partial charge in [-0.3, -0.25) is 4.79 Å². The summed E-state index contributed by atoms with van der Waals surface area (Å²) >= 11 is 6.35. The zero-order chi connectivity index (χ0) is 22.8. The molecular weight excluding hydrogens is 432 g/mol. The molecule has 0 fully saturated rings. The van der Waals surface area contributed by atoms with E-state index >= 15 is 0 Å². The zero-order valence-corrected chi connectivity index (χ0v) is 18.7. The Morgan fingerprint density at radius 1 is 0.909 bits per heavy atom. The lowest BCUT2D eigenvalue weighted by Crippen LogP contribution is -2.30. The van der Waals surface area contributed by atoms with Crippen LogP contribution >= 0.6 is 11.6 Å². The Kier molecular flexibility index (Phi) is 5.63. The second kappa shape index (κ2) is 8.88. The van der Waals surface area contributed by atoms with Crippen LogP contribution in [0.3, 0.4) is 0 Å². The fourth-order valence-corrected chi connectivity index (χ4v) is 4.16. The van der Waals surface area contributed by atoms with Crippen molar-refractivity contribution in [3.05, 3.63) is 125 Å². The molecule has 1 amide bonds. The Bertz CT molecular complexity index is 1390. The molecule has 6 heteroatoms. The summed E-state index contributed by atoms with van der Waals surface area (Å²) in [6.07, 6.45) is 1.60. The van der Waals surface area contributed by atoms with Crippen LogP contribution in [0, 0.1) is 6.92 Å². The first-order valence-electron chi connectivity index (χ1n) is 10.6. The second-order valence-corrected chi connectivity index (χ2v) is 8.17. The van der Waals surface area contributed by atoms with Crippen LogP contribution in [0.25, 0.3) is 16.9 Å². The summed E-state index contributed by atoms with van der Waals surface area (Å²) < 4.78 is 1.69. The van der Waals surface area contributed by atoms with Gasteiger partial charge in [0.1, 0.15) is 0 Å². The smallest absolute Gasteiger partial charge is 0.255 e. The largest absolute Gasteiger partial charge is 0.341 e. The summed E-state index contributed by atoms with van der Waals surface area (Å²) in [5.41, 5.74) is 5.36. The van der Waals surface area contributed by atoms with Crippen molar-refractivity contribution in [3.8, 4) is 11.3 Å². The van der Waals surface area contributed by atoms with Crippen LogP contribution in [0.5, 0.6) is 0 Å². The number of amides is 1. The predicted molar refractivity (Wildman–Crippen MR) is 130 cm³/mol. The van der Waals surface area contributed by atoms with E-state index in [0.717, 1.165) is 16.7 Å². The lowest BCUT2D eigenvalue weighted by atomic mass is 9.98. The first-order chi connectivity index (χ1) is 16.1. The van der Waals surface area contributed by atoms with E-state index in [1.807, 2.05) is 97.9 Å². The molecule has 0 radical (unpaired) electrons. The van der Waals surface area contributed by atoms with Crippen LogP contribution in [-0.4, -0.2) is 20.5 Å². The third kappa shape index (κ3) is 4.11. The van der Waals surface area contributed by atoms with E-state index in [1.54, 1.807) is 10.7 Å². The van der Waals surface area contributed by atoms with Gasteiger partial charge in [-0.25, -0.2) is 9.50 Å². The Balaban J connectivity index is 1.51. The average Bonchev–Trinajstić information content (AvgIpc) is 3.29. The van der Waals surface area contributed by atoms with Gasteiger partial charge in [0.05, 0.1) is 28.0 Å². The predicted octanol–water partition coefficient (Wildman–Crippen LogP) is 5.88. The van der Waals surface area contributed by atoms with E-state index in [0.29, 0.717) is 27.6 Å². The summed E-state index contributed by atoms with van der Waals surface area (Å²) in [7, 11) is 0. The van der Waals surface area contributed by atoms with E-state index < -0.39 is 0 Å². The fourth-order valence-electron chi connectivity index (χ4n) is 3.93. The van der Waals surface area contributed by atoms with Gasteiger partial charge in [0.15, 0.2) is 5.65 Å². The molecule has 0 bridgehead atoms. The Labute approximate surface area is 196 Å². The Morgan fingerprint density at radius 3 is 2.15 bits per heavy atom. The zero-order valence-electron chi connectivity index (χ0n) is 17.9. The molecule has 2 heterocycles. The Hall–Kier alpha value is -3.96. The molecule has 33 heavy (non-hydrogen) atoms. The van der Waals surface area contributed by atoms with Crippen LogP contribution in [0.2, 0.25) is 5.02 Å². The van der Waals surface area contributed by atoms with Crippen LogP contribution in [0.1, 0.15) is 33.2 Å². The first-order valence-corrected chi connectivity index (χ1v) is 11.0. The van der Waals surface area contributed by atoms with Crippen molar-refractivity contribution in [2.45, 2.75) is 13.0 Å². The molecule has 3 aromatic carbocycles. The number of hydrogen-bond donors (Lipinski definition) is 1. The molecule has 2 aromatic heterocycles. The number of benzene rings is 3. The third-order valence-corrected chi connectivity index (χ3v) is 5.99. The highest BCUT2D eigenvalue weighted by molar-refractivity contribution is 6.33. The molecule has 5 aromatic rings. The summed E-state index contributed by atoms with van der Waals surface area (Å²) in [6, 6.07) is 29.0. The molecule has 1 N–H and O–H groups in total. The number of halogens is 1. The van der Waals surface area contributed by atoms with Crippen molar-refractivity contribution in [3.63, 3.8) is 0 Å². The van der Waals surface area contributed by atoms with Gasteiger partial charge in [-0.2, -0.15) is 5.10 Å². The number of rotatable bonds is 5. The first kappa shape index (κ1) is 20.9. The summed E-state index contributed by atoms with van der Waals surface area (Å²) in [4.78, 5) is 17.9. The second-order valence-electron chi connectivity index (χ2n) is 7.76. The standard InChI is InChI=1S/C27H21ClN4O/c1-18-22(17-29-25-16-24(31-32(18)25)21-14-8-9-15-23(21)28)27(33)30-26(19-10-4-2-5-11-19)20-12-6-3-7-13-20/h2-17,26H,1H3,(H,30,33). The number of carbonyl (C=O) groups excluding carboxylic acids is 1. The van der Waals surface area contributed by atoms with Crippen LogP contribution < -0.4 is 5.32 Å². The van der Waals surface area contributed by atoms with E-state index in [4.69, 9.17) is 11.6 Å². The minimum absolute atomic E-state index is 0.214. The summed E-state index contributed by atoms with van der Waals surface area (Å²) in [6.45, 7) is 1.87. The molecule has 0 aliphatic carbocycles. The normalized spacial score (nSPS) is 11.1. The minimum Gasteiger partial charge on any atom is -0.341 e. The number of carbonyl (C=O) groups is 1. The molecule has 162 valence electrons. The topological polar surface area (TPSA) is 59.3 Å². The lowest BCUT2D eigenvalue weighted by molar-refractivity contribution is 0.0941. The van der Waals surface area contributed by atoms with Gasteiger partial charge in [-0.1, -0.05) is 90.5 Å². The van der Waals surface area contributed by atoms with Crippen LogP contribution in [-0.2, 0) is 0 Å². The van der Waals surface area contributed by atoms with Gasteiger partial charge < -0.3 is 5.32 Å². The molecule has 0 atom stereocenters. The number of nitrogens with zero attached hydrogens (tertiary/aromatic N) is 3. The molecule has 0 spiro atoms. The highest BCUT2D eigenvalue weighted by Crippen LogP contribution is 2.28. The number of aryl methyl sites for hydroxylation is 1. The number of nitrogens with one attached hydrogen (secondary N) is 1. The van der Waals surface area contributed by atoms with E-state index in [1.165, 1.54) is 0 Å². The lowest BCUT2D eigenvalue weighted by Gasteiger charge is -2.20. The highest BCUT2D eigenvalue weighted by Gasteiger charge is 2.21. The quantitative estimate of drug-likeness (QED) is 0.362. The van der Waals surface area contributed by atoms with Crippen LogP contribution in [0.4, 0.5) is 0 Å². The SMILES string of the molecule is Cc1c(C(=O)NC(c2ccccc2)c2ccccc2)cnc2cc(-c3ccccc3Cl)nn12. The number of aromatic nitrogens is 3. The van der Waals surface area contributed by atoms with Crippen molar-refractivity contribution in [1.29, 1.82) is 0 Å². The Morgan fingerprint density at radius 2 is 1.52 bits per heavy atom. The molecular formula is C27H21ClN4O. The summed E-state index contributed by atoms with van der Waals surface area (Å²) in [5, 5.41) is 8.47.